The molecule has 2 N–H and O–H groups in total. The number of esters is 1. The van der Waals surface area contributed by atoms with Gasteiger partial charge in [0.05, 0.1) is 0 Å². The Hall–Kier alpha value is -1.89. The van der Waals surface area contributed by atoms with E-state index in [0.29, 0.717) is 6.42 Å². The Labute approximate surface area is 163 Å². The fraction of sp³-hybridized carbons (Fsp3) is 0.650. The van der Waals surface area contributed by atoms with Crippen LogP contribution >= 0.6 is 11.3 Å². The third-order valence-corrected chi connectivity index (χ3v) is 6.96. The monoisotopic (exact) mass is 390 g/mol. The number of hydrogen-bond donors (Lipinski definition) is 2. The molecule has 1 aromatic heterocycles. The van der Waals surface area contributed by atoms with Crippen molar-refractivity contribution in [2.45, 2.75) is 56.9 Å². The van der Waals surface area contributed by atoms with Crippen LogP contribution < -0.4 is 10.6 Å². The Kier molecular flexibility index (Phi) is 5.21. The van der Waals surface area contributed by atoms with Crippen LogP contribution in [0.1, 0.15) is 50.5 Å². The van der Waals surface area contributed by atoms with Gasteiger partial charge in [0, 0.05) is 12.0 Å². The van der Waals surface area contributed by atoms with Crippen LogP contribution in [-0.4, -0.2) is 30.1 Å². The Morgan fingerprint density at radius 2 is 1.78 bits per heavy atom. The molecule has 0 aliphatic heterocycles. The summed E-state index contributed by atoms with van der Waals surface area (Å²) in [7, 11) is 0. The van der Waals surface area contributed by atoms with Gasteiger partial charge < -0.3 is 10.1 Å². The lowest BCUT2D eigenvalue weighted by atomic mass is 9.53. The molecular formula is C20H26N2O4S. The third kappa shape index (κ3) is 4.51. The van der Waals surface area contributed by atoms with Crippen LogP contribution in [0.15, 0.2) is 16.8 Å². The summed E-state index contributed by atoms with van der Waals surface area (Å²) in [4.78, 5) is 35.9. The van der Waals surface area contributed by atoms with Crippen molar-refractivity contribution < 1.29 is 19.1 Å². The number of carbonyl (C=O) groups is 3. The van der Waals surface area contributed by atoms with Gasteiger partial charge in [-0.3, -0.25) is 14.9 Å². The van der Waals surface area contributed by atoms with E-state index in [1.165, 1.54) is 19.3 Å². The van der Waals surface area contributed by atoms with Crippen LogP contribution in [0.3, 0.4) is 0 Å². The molecule has 1 aromatic rings. The van der Waals surface area contributed by atoms with Gasteiger partial charge in [-0.05, 0) is 85.1 Å². The van der Waals surface area contributed by atoms with E-state index in [0.717, 1.165) is 42.6 Å². The molecule has 146 valence electrons. The number of imide groups is 1. The second-order valence-corrected chi connectivity index (χ2v) is 9.27. The zero-order valence-corrected chi connectivity index (χ0v) is 16.2. The number of carbonyl (C=O) groups excluding carboxylic acids is 3. The number of urea groups is 1. The van der Waals surface area contributed by atoms with Gasteiger partial charge in [0.25, 0.3) is 5.91 Å². The first-order valence-electron chi connectivity index (χ1n) is 9.78. The molecule has 4 bridgehead atoms. The van der Waals surface area contributed by atoms with Crippen LogP contribution in [0.5, 0.6) is 0 Å². The summed E-state index contributed by atoms with van der Waals surface area (Å²) in [6.45, 7) is -0.420. The van der Waals surface area contributed by atoms with Crippen LogP contribution in [0.2, 0.25) is 0 Å². The molecule has 4 saturated carbocycles. The summed E-state index contributed by atoms with van der Waals surface area (Å²) in [5.41, 5.74) is 0.937. The number of hydrogen-bond acceptors (Lipinski definition) is 5. The average molecular weight is 391 g/mol. The van der Waals surface area contributed by atoms with Gasteiger partial charge in [-0.1, -0.05) is 0 Å². The lowest BCUT2D eigenvalue weighted by Crippen LogP contribution is -2.62. The van der Waals surface area contributed by atoms with E-state index >= 15 is 0 Å². The molecule has 4 aliphatic rings. The van der Waals surface area contributed by atoms with Crippen molar-refractivity contribution >= 4 is 29.2 Å². The molecule has 0 radical (unpaired) electrons. The summed E-state index contributed by atoms with van der Waals surface area (Å²) in [5.74, 6) is 1.14. The van der Waals surface area contributed by atoms with E-state index in [-0.39, 0.29) is 12.0 Å². The maximum Gasteiger partial charge on any atom is 0.321 e. The summed E-state index contributed by atoms with van der Waals surface area (Å²) in [6, 6.07) is 1.50. The van der Waals surface area contributed by atoms with Gasteiger partial charge in [-0.15, -0.1) is 0 Å². The zero-order valence-electron chi connectivity index (χ0n) is 15.4. The van der Waals surface area contributed by atoms with Gasteiger partial charge in [0.15, 0.2) is 6.61 Å². The normalized spacial score (nSPS) is 30.7. The van der Waals surface area contributed by atoms with Crippen LogP contribution in [-0.2, 0) is 20.7 Å². The number of rotatable bonds is 6. The molecule has 5 rings (SSSR count). The predicted octanol–water partition coefficient (Wildman–Crippen LogP) is 3.02. The molecule has 0 aromatic carbocycles. The molecule has 1 heterocycles. The van der Waals surface area contributed by atoms with Crippen molar-refractivity contribution in [2.75, 3.05) is 6.61 Å². The molecule has 0 spiro atoms. The van der Waals surface area contributed by atoms with E-state index in [1.54, 1.807) is 11.3 Å². The van der Waals surface area contributed by atoms with E-state index in [1.807, 2.05) is 16.8 Å². The molecule has 4 fully saturated rings. The third-order valence-electron chi connectivity index (χ3n) is 6.23. The van der Waals surface area contributed by atoms with E-state index in [4.69, 9.17) is 4.74 Å². The molecule has 7 heteroatoms. The van der Waals surface area contributed by atoms with Crippen molar-refractivity contribution in [3.05, 3.63) is 22.4 Å². The van der Waals surface area contributed by atoms with Crippen molar-refractivity contribution in [2.24, 2.45) is 17.8 Å². The lowest BCUT2D eigenvalue weighted by molar-refractivity contribution is -0.148. The first kappa shape index (κ1) is 18.5. The largest absolute Gasteiger partial charge is 0.456 e. The highest BCUT2D eigenvalue weighted by Crippen LogP contribution is 2.55. The van der Waals surface area contributed by atoms with Gasteiger partial charge in [-0.2, -0.15) is 11.3 Å². The minimum Gasteiger partial charge on any atom is -0.456 e. The van der Waals surface area contributed by atoms with Crippen molar-refractivity contribution in [3.63, 3.8) is 0 Å². The summed E-state index contributed by atoms with van der Waals surface area (Å²) in [5, 5.41) is 9.33. The summed E-state index contributed by atoms with van der Waals surface area (Å²) >= 11 is 1.58. The molecule has 3 amide bonds. The van der Waals surface area contributed by atoms with Crippen molar-refractivity contribution in [1.29, 1.82) is 0 Å². The number of nitrogens with one attached hydrogen (secondary N) is 2. The lowest BCUT2D eigenvalue weighted by Gasteiger charge is -2.56. The summed E-state index contributed by atoms with van der Waals surface area (Å²) in [6.07, 6.45) is 7.78. The van der Waals surface area contributed by atoms with Crippen LogP contribution in [0, 0.1) is 17.8 Å². The molecule has 0 atom stereocenters. The topological polar surface area (TPSA) is 84.5 Å². The van der Waals surface area contributed by atoms with E-state index in [2.05, 4.69) is 10.6 Å². The Balaban J connectivity index is 1.18. The zero-order chi connectivity index (χ0) is 18.9. The highest BCUT2D eigenvalue weighted by molar-refractivity contribution is 7.07. The first-order valence-corrected chi connectivity index (χ1v) is 10.7. The van der Waals surface area contributed by atoms with Crippen molar-refractivity contribution in [1.82, 2.24) is 10.6 Å². The van der Waals surface area contributed by atoms with Crippen LogP contribution in [0.4, 0.5) is 4.79 Å². The highest BCUT2D eigenvalue weighted by Gasteiger charge is 2.51. The van der Waals surface area contributed by atoms with E-state index < -0.39 is 24.5 Å². The molecule has 27 heavy (non-hydrogen) atoms. The minimum absolute atomic E-state index is 0.143. The van der Waals surface area contributed by atoms with Gasteiger partial charge in [0.2, 0.25) is 0 Å². The molecule has 6 nitrogen and oxygen atoms in total. The van der Waals surface area contributed by atoms with Gasteiger partial charge >= 0.3 is 12.0 Å². The van der Waals surface area contributed by atoms with Gasteiger partial charge in [0.1, 0.15) is 0 Å². The maximum atomic E-state index is 12.3. The number of thiophene rings is 1. The van der Waals surface area contributed by atoms with Gasteiger partial charge in [-0.25, -0.2) is 4.79 Å². The van der Waals surface area contributed by atoms with Crippen LogP contribution in [0.25, 0.3) is 0 Å². The number of amides is 3. The fourth-order valence-corrected chi connectivity index (χ4v) is 6.30. The molecule has 0 unspecified atom stereocenters. The Bertz CT molecular complexity index is 680. The first-order chi connectivity index (χ1) is 13.0. The SMILES string of the molecule is O=C(COC(=O)CCc1ccsc1)NC(=O)NC12CC3CC(CC(C3)C1)C2. The molecule has 4 aliphatic carbocycles. The maximum absolute atomic E-state index is 12.3. The Morgan fingerprint density at radius 3 is 2.37 bits per heavy atom. The highest BCUT2D eigenvalue weighted by atomic mass is 32.1. The van der Waals surface area contributed by atoms with Crippen molar-refractivity contribution in [3.8, 4) is 0 Å². The Morgan fingerprint density at radius 1 is 1.11 bits per heavy atom. The summed E-state index contributed by atoms with van der Waals surface area (Å²) < 4.78 is 4.97. The smallest absolute Gasteiger partial charge is 0.321 e. The fourth-order valence-electron chi connectivity index (χ4n) is 5.60. The standard InChI is InChI=1S/C20H26N2O4S/c23-17(11-26-18(24)2-1-13-3-4-27-12-13)21-19(25)22-20-8-14-5-15(9-20)7-16(6-14)10-20/h3-4,12,14-16H,1-2,5-11H2,(H2,21,22,23,25). The second-order valence-electron chi connectivity index (χ2n) is 8.49. The predicted molar refractivity (Wildman–Crippen MR) is 101 cm³/mol. The molecular weight excluding hydrogens is 364 g/mol. The number of ether oxygens (including phenoxy) is 1. The average Bonchev–Trinajstić information content (AvgIpc) is 3.09. The second kappa shape index (κ2) is 7.62. The number of aryl methyl sites for hydroxylation is 1. The minimum atomic E-state index is -0.582. The molecule has 0 saturated heterocycles. The van der Waals surface area contributed by atoms with E-state index in [9.17, 15) is 14.4 Å². The quantitative estimate of drug-likeness (QED) is 0.731.